The molecule has 1 aliphatic carbocycles. The maximum absolute atomic E-state index is 14.1. The van der Waals surface area contributed by atoms with Crippen molar-refractivity contribution in [3.8, 4) is 0 Å². The van der Waals surface area contributed by atoms with Crippen LogP contribution in [-0.4, -0.2) is 69.5 Å². The van der Waals surface area contributed by atoms with Crippen LogP contribution >= 0.6 is 23.2 Å². The number of carbonyl (C=O) groups excluding carboxylic acids is 2. The van der Waals surface area contributed by atoms with E-state index >= 15 is 0 Å². The van der Waals surface area contributed by atoms with Gasteiger partial charge in [0.2, 0.25) is 5.95 Å². The van der Waals surface area contributed by atoms with Crippen molar-refractivity contribution in [3.05, 3.63) is 45.4 Å². The summed E-state index contributed by atoms with van der Waals surface area (Å²) in [6, 6.07) is 5.70. The predicted octanol–water partition coefficient (Wildman–Crippen LogP) is 7.67. The Morgan fingerprint density at radius 2 is 1.72 bits per heavy atom. The molecule has 1 saturated carbocycles. The maximum Gasteiger partial charge on any atom is 0.417 e. The lowest BCUT2D eigenvalue weighted by Gasteiger charge is -2.40. The largest absolute Gasteiger partial charge is 0.417 e. The van der Waals surface area contributed by atoms with Gasteiger partial charge in [0.1, 0.15) is 0 Å². The number of hydrogen-bond acceptors (Lipinski definition) is 6. The van der Waals surface area contributed by atoms with E-state index in [1.54, 1.807) is 0 Å². The molecule has 9 nitrogen and oxygen atoms in total. The summed E-state index contributed by atoms with van der Waals surface area (Å²) in [6.07, 6.45) is -4.61. The summed E-state index contributed by atoms with van der Waals surface area (Å²) in [5.41, 5.74) is -4.07. The van der Waals surface area contributed by atoms with Gasteiger partial charge in [-0.2, -0.15) is 13.2 Å². The second-order valence-corrected chi connectivity index (χ2v) is 14.1. The fourth-order valence-electron chi connectivity index (χ4n) is 6.28. The zero-order valence-corrected chi connectivity index (χ0v) is 28.9. The van der Waals surface area contributed by atoms with Gasteiger partial charge in [-0.1, -0.05) is 48.5 Å². The van der Waals surface area contributed by atoms with E-state index in [2.05, 4.69) is 20.9 Å². The first-order valence-electron chi connectivity index (χ1n) is 16.3. The third-order valence-electron chi connectivity index (χ3n) is 9.22. The molecule has 50 heavy (non-hydrogen) atoms. The van der Waals surface area contributed by atoms with Gasteiger partial charge in [-0.3, -0.25) is 9.59 Å². The summed E-state index contributed by atoms with van der Waals surface area (Å²) in [7, 11) is 0. The number of nitrogens with one attached hydrogen (secondary N) is 3. The van der Waals surface area contributed by atoms with Gasteiger partial charge in [0, 0.05) is 38.5 Å². The molecule has 2 fully saturated rings. The van der Waals surface area contributed by atoms with Crippen molar-refractivity contribution in [2.75, 3.05) is 23.3 Å². The van der Waals surface area contributed by atoms with E-state index < -0.39 is 55.1 Å². The van der Waals surface area contributed by atoms with E-state index in [9.17, 15) is 41.0 Å². The molecule has 0 bridgehead atoms. The van der Waals surface area contributed by atoms with Crippen molar-refractivity contribution in [3.63, 3.8) is 0 Å². The van der Waals surface area contributed by atoms with E-state index in [0.717, 1.165) is 50.5 Å². The number of aliphatic hydroxyl groups is 1. The summed E-state index contributed by atoms with van der Waals surface area (Å²) in [4.78, 5) is 31.9. The highest BCUT2D eigenvalue weighted by Crippen LogP contribution is 2.41. The lowest BCUT2D eigenvalue weighted by Crippen LogP contribution is -2.53. The molecular formula is C33H38Cl2F6N6O3. The van der Waals surface area contributed by atoms with Gasteiger partial charge in [-0.15, -0.1) is 0 Å². The van der Waals surface area contributed by atoms with Gasteiger partial charge in [0.15, 0.2) is 11.3 Å². The number of hydrogen-bond donors (Lipinski definition) is 4. The van der Waals surface area contributed by atoms with Crippen LogP contribution in [0.4, 0.5) is 43.7 Å². The van der Waals surface area contributed by atoms with Crippen molar-refractivity contribution < 1.29 is 41.0 Å². The molecule has 2 heterocycles. The number of rotatable bonds is 10. The number of fused-ring (bicyclic) bond motifs is 1. The van der Waals surface area contributed by atoms with Gasteiger partial charge < -0.3 is 30.5 Å². The van der Waals surface area contributed by atoms with Crippen molar-refractivity contribution in [1.29, 1.82) is 0 Å². The van der Waals surface area contributed by atoms with Crippen LogP contribution in [0.3, 0.4) is 0 Å². The van der Waals surface area contributed by atoms with E-state index in [-0.39, 0.29) is 69.6 Å². The molecule has 0 radical (unpaired) electrons. The molecule has 1 aliphatic heterocycles. The Labute approximate surface area is 294 Å². The normalized spacial score (nSPS) is 17.3. The molecule has 17 heteroatoms. The lowest BCUT2D eigenvalue weighted by atomic mass is 9.90. The molecule has 4 N–H and O–H groups in total. The molecule has 2 aromatic carbocycles. The number of benzene rings is 2. The van der Waals surface area contributed by atoms with Crippen molar-refractivity contribution >= 4 is 63.4 Å². The number of nitrogens with zero attached hydrogens (tertiary/aromatic N) is 3. The molecule has 0 atom stereocenters. The summed E-state index contributed by atoms with van der Waals surface area (Å²) in [5.74, 6) is -1.50. The van der Waals surface area contributed by atoms with Crippen LogP contribution in [0.25, 0.3) is 11.0 Å². The predicted molar refractivity (Wildman–Crippen MR) is 179 cm³/mol. The molecule has 3 aromatic rings. The van der Waals surface area contributed by atoms with E-state index in [0.29, 0.717) is 5.56 Å². The minimum Gasteiger partial charge on any atom is -0.380 e. The van der Waals surface area contributed by atoms with Crippen LogP contribution in [0.5, 0.6) is 0 Å². The van der Waals surface area contributed by atoms with E-state index in [4.69, 9.17) is 23.2 Å². The number of halogens is 8. The first kappa shape index (κ1) is 37.8. The van der Waals surface area contributed by atoms with Crippen molar-refractivity contribution in [2.24, 2.45) is 0 Å². The standard InChI is InChI=1S/C33H38Cl2F6N6O3/c1-31(2,38)29(49)42-16-18-8-9-21(34)27(26(18)35)45-30-44-22-14-20(28(48)43-19-6-4-3-5-7-19)23(15-24(22)47(30)17-25(36)37)46-12-10-32(50,11-13-46)33(39,40)41/h8-9,14-15,19,25,50H,3-7,10-13,16-17H2,1-2H3,(H,42,49)(H,43,48)(H,44,45). The van der Waals surface area contributed by atoms with Crippen LogP contribution in [0.1, 0.15) is 74.7 Å². The highest BCUT2D eigenvalue weighted by Gasteiger charge is 2.54. The fourth-order valence-corrected chi connectivity index (χ4v) is 6.81. The second kappa shape index (κ2) is 14.7. The topological polar surface area (TPSA) is 112 Å². The minimum absolute atomic E-state index is 0.00354. The molecule has 1 aromatic heterocycles. The summed E-state index contributed by atoms with van der Waals surface area (Å²) in [6.45, 7) is 0.635. The molecular weight excluding hydrogens is 713 g/mol. The molecule has 0 spiro atoms. The third kappa shape index (κ3) is 8.20. The van der Waals surface area contributed by atoms with Crippen LogP contribution < -0.4 is 20.9 Å². The van der Waals surface area contributed by atoms with Gasteiger partial charge in [-0.05, 0) is 50.5 Å². The van der Waals surface area contributed by atoms with Crippen LogP contribution in [0.2, 0.25) is 10.0 Å². The summed E-state index contributed by atoms with van der Waals surface area (Å²) in [5, 5.41) is 18.7. The van der Waals surface area contributed by atoms with Crippen LogP contribution in [-0.2, 0) is 17.9 Å². The fraction of sp³-hybridized carbons (Fsp3) is 0.545. The van der Waals surface area contributed by atoms with Crippen molar-refractivity contribution in [1.82, 2.24) is 20.2 Å². The first-order valence-corrected chi connectivity index (χ1v) is 17.0. The SMILES string of the molecule is CC(C)(F)C(=O)NCc1ccc(Cl)c(Nc2nc3cc(C(=O)NC4CCCCC4)c(N4CCC(O)(C(F)(F)F)CC4)cc3n2CC(F)F)c1Cl. The highest BCUT2D eigenvalue weighted by atomic mass is 35.5. The number of imidazole rings is 1. The molecule has 5 rings (SSSR count). The van der Waals surface area contributed by atoms with E-state index in [1.165, 1.54) is 29.2 Å². The summed E-state index contributed by atoms with van der Waals surface area (Å²) < 4.78 is 84.2. The van der Waals surface area contributed by atoms with Crippen LogP contribution in [0, 0.1) is 0 Å². The second-order valence-electron chi connectivity index (χ2n) is 13.3. The van der Waals surface area contributed by atoms with Crippen LogP contribution in [0.15, 0.2) is 24.3 Å². The van der Waals surface area contributed by atoms with Crippen molar-refractivity contribution in [2.45, 2.75) is 102 Å². The van der Waals surface area contributed by atoms with Gasteiger partial charge in [0.25, 0.3) is 18.2 Å². The van der Waals surface area contributed by atoms with Gasteiger partial charge in [0.05, 0.1) is 44.6 Å². The Bertz CT molecular complexity index is 1730. The zero-order chi connectivity index (χ0) is 36.6. The highest BCUT2D eigenvalue weighted by molar-refractivity contribution is 6.39. The number of anilines is 3. The zero-order valence-electron chi connectivity index (χ0n) is 27.4. The molecule has 274 valence electrons. The number of alkyl halides is 6. The Morgan fingerprint density at radius 3 is 2.32 bits per heavy atom. The monoisotopic (exact) mass is 750 g/mol. The molecule has 1 saturated heterocycles. The lowest BCUT2D eigenvalue weighted by molar-refractivity contribution is -0.266. The number of amides is 2. The van der Waals surface area contributed by atoms with E-state index in [1.807, 2.05) is 0 Å². The van der Waals surface area contributed by atoms with Gasteiger partial charge >= 0.3 is 6.18 Å². The minimum atomic E-state index is -4.85. The Kier molecular flexibility index (Phi) is 11.1. The summed E-state index contributed by atoms with van der Waals surface area (Å²) >= 11 is 13.1. The average molecular weight is 752 g/mol. The molecule has 2 aliphatic rings. The molecule has 0 unspecified atom stereocenters. The third-order valence-corrected chi connectivity index (χ3v) is 9.96. The average Bonchev–Trinajstić information content (AvgIpc) is 3.36. The number of carbonyl (C=O) groups is 2. The maximum atomic E-state index is 14.1. The number of aromatic nitrogens is 2. The smallest absolute Gasteiger partial charge is 0.380 e. The first-order chi connectivity index (χ1) is 23.4. The quantitative estimate of drug-likeness (QED) is 0.158. The Hall–Kier alpha value is -3.43. The van der Waals surface area contributed by atoms with Gasteiger partial charge in [-0.25, -0.2) is 18.2 Å². The Morgan fingerprint density at radius 1 is 1.06 bits per heavy atom. The number of piperidine rings is 1. The molecule has 2 amide bonds. The Balaban J connectivity index is 1.56.